The average Bonchev–Trinajstić information content (AvgIpc) is 3.24. The summed E-state index contributed by atoms with van der Waals surface area (Å²) in [4.78, 5) is 30.9. The van der Waals surface area contributed by atoms with Crippen molar-refractivity contribution < 1.29 is 29.3 Å². The van der Waals surface area contributed by atoms with Crippen molar-refractivity contribution >= 4 is 29.2 Å². The molecule has 36 heavy (non-hydrogen) atoms. The van der Waals surface area contributed by atoms with Gasteiger partial charge in [-0.1, -0.05) is 34.1 Å². The van der Waals surface area contributed by atoms with E-state index in [1.54, 1.807) is 25.2 Å². The Bertz CT molecular complexity index is 971. The van der Waals surface area contributed by atoms with E-state index in [0.29, 0.717) is 12.8 Å². The number of cyclic esters (lactones) is 1. The molecule has 2 aliphatic rings. The van der Waals surface area contributed by atoms with Gasteiger partial charge in [-0.3, -0.25) is 9.59 Å². The van der Waals surface area contributed by atoms with Crippen LogP contribution in [0.25, 0.3) is 6.08 Å². The molecular formula is C28H43NO6S. The quantitative estimate of drug-likeness (QED) is 0.431. The Hall–Kier alpha value is -1.61. The van der Waals surface area contributed by atoms with Gasteiger partial charge in [0.05, 0.1) is 46.5 Å². The van der Waals surface area contributed by atoms with Gasteiger partial charge in [0.1, 0.15) is 11.9 Å². The number of epoxide rings is 1. The zero-order chi connectivity index (χ0) is 26.8. The number of fused-ring (bicyclic) bond motifs is 1. The van der Waals surface area contributed by atoms with Crippen molar-refractivity contribution in [1.29, 1.82) is 0 Å². The third-order valence-electron chi connectivity index (χ3n) is 8.19. The zero-order valence-electron chi connectivity index (χ0n) is 22.7. The summed E-state index contributed by atoms with van der Waals surface area (Å²) in [5.74, 6) is -1.45. The van der Waals surface area contributed by atoms with E-state index in [-0.39, 0.29) is 29.8 Å². The minimum absolute atomic E-state index is 0.0460. The van der Waals surface area contributed by atoms with Gasteiger partial charge in [-0.2, -0.15) is 0 Å². The number of aliphatic hydroxyl groups excluding tert-OH is 2. The molecule has 0 spiro atoms. The van der Waals surface area contributed by atoms with Gasteiger partial charge >= 0.3 is 5.97 Å². The third-order valence-corrected chi connectivity index (χ3v) is 8.98. The number of Topliss-reactive ketones (excluding diaryl/α,β-unsaturated/α-hetero) is 1. The smallest absolute Gasteiger partial charge is 0.309 e. The number of aliphatic hydroxyl groups is 2. The largest absolute Gasteiger partial charge is 0.458 e. The number of thiazole rings is 1. The van der Waals surface area contributed by atoms with Gasteiger partial charge in [-0.15, -0.1) is 11.3 Å². The van der Waals surface area contributed by atoms with Crippen LogP contribution < -0.4 is 0 Å². The van der Waals surface area contributed by atoms with Crippen molar-refractivity contribution in [3.63, 3.8) is 0 Å². The summed E-state index contributed by atoms with van der Waals surface area (Å²) in [5.41, 5.74) is 0.183. The molecule has 7 nitrogen and oxygen atoms in total. The van der Waals surface area contributed by atoms with E-state index in [2.05, 4.69) is 11.9 Å². The fourth-order valence-electron chi connectivity index (χ4n) is 5.29. The molecular weight excluding hydrogens is 478 g/mol. The zero-order valence-corrected chi connectivity index (χ0v) is 23.6. The molecule has 1 aromatic rings. The van der Waals surface area contributed by atoms with Gasteiger partial charge in [-0.25, -0.2) is 4.98 Å². The van der Waals surface area contributed by atoms with E-state index < -0.39 is 35.6 Å². The molecule has 0 aromatic carbocycles. The van der Waals surface area contributed by atoms with Gasteiger partial charge in [0.25, 0.3) is 0 Å². The molecule has 202 valence electrons. The van der Waals surface area contributed by atoms with Gasteiger partial charge in [0, 0.05) is 17.7 Å². The summed E-state index contributed by atoms with van der Waals surface area (Å²) < 4.78 is 12.0. The third kappa shape index (κ3) is 6.63. The fraction of sp³-hybridized carbons (Fsp3) is 0.750. The van der Waals surface area contributed by atoms with Crippen LogP contribution in [-0.2, 0) is 19.1 Å². The summed E-state index contributed by atoms with van der Waals surface area (Å²) in [6, 6.07) is 0. The first-order valence-corrected chi connectivity index (χ1v) is 14.0. The standard InChI is InChI=1S/C28H43NO6S/c1-8-20-25(32)16(2)10-9-11-28(7)23(35-28)13-21(17(3)12-19-15-36-18(4)29-19)34-24(31)14-22(30)27(5,6)26(20)33/h12,15-16,20-23,25,30,32H,8-11,13-14H2,1-7H3/t16-,20-,21-,22-,23+,25+,28-/m0/s1. The van der Waals surface area contributed by atoms with Crippen molar-refractivity contribution in [2.45, 2.75) is 117 Å². The van der Waals surface area contributed by atoms with E-state index in [9.17, 15) is 19.8 Å². The first-order valence-electron chi connectivity index (χ1n) is 13.2. The van der Waals surface area contributed by atoms with Crippen molar-refractivity contribution in [2.75, 3.05) is 0 Å². The number of nitrogens with zero attached hydrogens (tertiary/aromatic N) is 1. The van der Waals surface area contributed by atoms with Gasteiger partial charge in [0.2, 0.25) is 0 Å². The van der Waals surface area contributed by atoms with Gasteiger partial charge in [0.15, 0.2) is 0 Å². The number of ketones is 1. The summed E-state index contributed by atoms with van der Waals surface area (Å²) >= 11 is 1.56. The van der Waals surface area contributed by atoms with Crippen LogP contribution in [0.4, 0.5) is 0 Å². The molecule has 3 rings (SSSR count). The molecule has 2 fully saturated rings. The molecule has 0 radical (unpaired) electrons. The Labute approximate surface area is 219 Å². The highest BCUT2D eigenvalue weighted by molar-refractivity contribution is 7.09. The lowest BCUT2D eigenvalue weighted by Crippen LogP contribution is -2.46. The van der Waals surface area contributed by atoms with Crippen molar-refractivity contribution in [3.8, 4) is 0 Å². The Morgan fingerprint density at radius 1 is 1.28 bits per heavy atom. The number of aromatic nitrogens is 1. The number of rotatable bonds is 3. The van der Waals surface area contributed by atoms with E-state index in [0.717, 1.165) is 35.5 Å². The van der Waals surface area contributed by atoms with Crippen LogP contribution in [0.5, 0.6) is 0 Å². The normalized spacial score (nSPS) is 36.8. The van der Waals surface area contributed by atoms with Gasteiger partial charge in [-0.05, 0) is 57.6 Å². The number of carbonyl (C=O) groups excluding carboxylic acids is 2. The highest BCUT2D eigenvalue weighted by atomic mass is 32.1. The number of hydrogen-bond acceptors (Lipinski definition) is 8. The highest BCUT2D eigenvalue weighted by Gasteiger charge is 2.53. The molecule has 7 atom stereocenters. The first kappa shape index (κ1) is 29.0. The number of esters is 1. The second kappa shape index (κ2) is 11.4. The van der Waals surface area contributed by atoms with Crippen molar-refractivity contribution in [1.82, 2.24) is 4.98 Å². The Kier molecular flexibility index (Phi) is 9.18. The SMILES string of the molecule is CC[C@@H]1C(=O)C(C)(C)[C@@H](O)CC(=O)O[C@H](C(C)=Cc2csc(C)n2)C[C@H]2O[C@@]2(C)CCC[C@H](C)[C@H]1O. The minimum atomic E-state index is -1.23. The Morgan fingerprint density at radius 2 is 1.97 bits per heavy atom. The van der Waals surface area contributed by atoms with E-state index in [1.165, 1.54) is 0 Å². The lowest BCUT2D eigenvalue weighted by atomic mass is 9.71. The monoisotopic (exact) mass is 521 g/mol. The number of hydrogen-bond donors (Lipinski definition) is 2. The molecule has 2 aliphatic heterocycles. The average molecular weight is 522 g/mol. The lowest BCUT2D eigenvalue weighted by Gasteiger charge is -2.35. The topological polar surface area (TPSA) is 109 Å². The predicted octanol–water partition coefficient (Wildman–Crippen LogP) is 4.87. The predicted molar refractivity (Wildman–Crippen MR) is 140 cm³/mol. The molecule has 1 aromatic heterocycles. The highest BCUT2D eigenvalue weighted by Crippen LogP contribution is 2.45. The molecule has 8 heteroatoms. The molecule has 0 amide bonds. The lowest BCUT2D eigenvalue weighted by molar-refractivity contribution is -0.154. The first-order chi connectivity index (χ1) is 16.8. The van der Waals surface area contributed by atoms with E-state index in [4.69, 9.17) is 9.47 Å². The molecule has 0 unspecified atom stereocenters. The van der Waals surface area contributed by atoms with Crippen LogP contribution in [0.3, 0.4) is 0 Å². The van der Waals surface area contributed by atoms with E-state index >= 15 is 0 Å². The summed E-state index contributed by atoms with van der Waals surface area (Å²) in [6.07, 6.45) is 2.49. The summed E-state index contributed by atoms with van der Waals surface area (Å²) in [6.45, 7) is 13.1. The second-order valence-corrected chi connectivity index (χ2v) is 12.6. The van der Waals surface area contributed by atoms with Gasteiger partial charge < -0.3 is 19.7 Å². The number of ether oxygens (including phenoxy) is 2. The molecule has 0 bridgehead atoms. The Morgan fingerprint density at radius 3 is 2.58 bits per heavy atom. The second-order valence-electron chi connectivity index (χ2n) is 11.5. The Balaban J connectivity index is 1.87. The molecule has 0 saturated carbocycles. The van der Waals surface area contributed by atoms with Crippen LogP contribution in [0.2, 0.25) is 0 Å². The van der Waals surface area contributed by atoms with Crippen LogP contribution in [0.1, 0.15) is 90.8 Å². The minimum Gasteiger partial charge on any atom is -0.458 e. The van der Waals surface area contributed by atoms with E-state index in [1.807, 2.05) is 39.2 Å². The van der Waals surface area contributed by atoms with Crippen LogP contribution >= 0.6 is 11.3 Å². The van der Waals surface area contributed by atoms with Crippen LogP contribution in [0, 0.1) is 24.2 Å². The number of aryl methyl sites for hydroxylation is 1. The molecule has 2 N–H and O–H groups in total. The molecule has 2 saturated heterocycles. The van der Waals surface area contributed by atoms with Crippen LogP contribution in [-0.4, -0.2) is 57.0 Å². The van der Waals surface area contributed by atoms with Crippen molar-refractivity contribution in [3.05, 3.63) is 21.7 Å². The maximum Gasteiger partial charge on any atom is 0.309 e. The van der Waals surface area contributed by atoms with Crippen molar-refractivity contribution in [2.24, 2.45) is 17.3 Å². The summed E-state index contributed by atoms with van der Waals surface area (Å²) in [7, 11) is 0. The molecule has 0 aliphatic carbocycles. The molecule has 3 heterocycles. The number of carbonyl (C=O) groups is 2. The maximum absolute atomic E-state index is 13.4. The fourth-order valence-corrected chi connectivity index (χ4v) is 5.86. The van der Waals surface area contributed by atoms with Crippen LogP contribution in [0.15, 0.2) is 11.0 Å². The maximum atomic E-state index is 13.4. The summed E-state index contributed by atoms with van der Waals surface area (Å²) in [5, 5.41) is 24.9.